The van der Waals surface area contributed by atoms with Gasteiger partial charge in [-0.25, -0.2) is 0 Å². The molecule has 0 amide bonds. The van der Waals surface area contributed by atoms with Crippen molar-refractivity contribution in [2.24, 2.45) is 5.92 Å². The predicted octanol–water partition coefficient (Wildman–Crippen LogP) is 2.49. The van der Waals surface area contributed by atoms with Crippen molar-refractivity contribution < 1.29 is 0 Å². The number of rotatable bonds is 0. The number of hydrogen-bond donors (Lipinski definition) is 2. The van der Waals surface area contributed by atoms with Crippen LogP contribution in [0.5, 0.6) is 0 Å². The molecule has 2 atom stereocenters. The predicted molar refractivity (Wildman–Crippen MR) is 66.5 cm³/mol. The Morgan fingerprint density at radius 2 is 2.13 bits per heavy atom. The number of halogens is 1. The van der Waals surface area contributed by atoms with Crippen LogP contribution in [-0.2, 0) is 0 Å². The van der Waals surface area contributed by atoms with Gasteiger partial charge in [-0.15, -0.1) is 0 Å². The summed E-state index contributed by atoms with van der Waals surface area (Å²) in [6.07, 6.45) is 0. The molecule has 2 heterocycles. The zero-order valence-corrected chi connectivity index (χ0v) is 10.4. The van der Waals surface area contributed by atoms with E-state index in [0.717, 1.165) is 25.6 Å². The fourth-order valence-corrected chi connectivity index (χ4v) is 3.44. The molecule has 2 unspecified atom stereocenters. The fraction of sp³-hybridized carbons (Fsp3) is 0.500. The standard InChI is InChI=1S/C12H15BrN2/c1-7-2-9(13)3-10-11-6-14-4-8(11)5-15-12(7)10/h2-3,8,11,14-15H,4-6H2,1H3. The smallest absolute Gasteiger partial charge is 0.0406 e. The molecule has 15 heavy (non-hydrogen) atoms. The van der Waals surface area contributed by atoms with Gasteiger partial charge >= 0.3 is 0 Å². The van der Waals surface area contributed by atoms with E-state index in [1.807, 2.05) is 0 Å². The van der Waals surface area contributed by atoms with Crippen LogP contribution in [-0.4, -0.2) is 19.6 Å². The van der Waals surface area contributed by atoms with E-state index in [4.69, 9.17) is 0 Å². The van der Waals surface area contributed by atoms with E-state index >= 15 is 0 Å². The van der Waals surface area contributed by atoms with Crippen molar-refractivity contribution in [1.29, 1.82) is 0 Å². The van der Waals surface area contributed by atoms with E-state index in [1.165, 1.54) is 21.3 Å². The van der Waals surface area contributed by atoms with Crippen molar-refractivity contribution in [2.75, 3.05) is 25.0 Å². The molecular formula is C12H15BrN2. The lowest BCUT2D eigenvalue weighted by molar-refractivity contribution is 0.529. The number of benzene rings is 1. The zero-order chi connectivity index (χ0) is 10.4. The molecule has 1 saturated heterocycles. The monoisotopic (exact) mass is 266 g/mol. The van der Waals surface area contributed by atoms with Crippen molar-refractivity contribution >= 4 is 21.6 Å². The van der Waals surface area contributed by atoms with Gasteiger partial charge in [-0.2, -0.15) is 0 Å². The maximum absolute atomic E-state index is 3.59. The molecule has 2 aliphatic rings. The Hall–Kier alpha value is -0.540. The summed E-state index contributed by atoms with van der Waals surface area (Å²) in [5.41, 5.74) is 4.20. The van der Waals surface area contributed by atoms with Gasteiger partial charge in [-0.1, -0.05) is 15.9 Å². The van der Waals surface area contributed by atoms with Gasteiger partial charge in [0.1, 0.15) is 0 Å². The van der Waals surface area contributed by atoms with Gasteiger partial charge in [0.2, 0.25) is 0 Å². The first-order valence-corrected chi connectivity index (χ1v) is 6.29. The number of anilines is 1. The van der Waals surface area contributed by atoms with Crippen molar-refractivity contribution in [3.05, 3.63) is 27.7 Å². The van der Waals surface area contributed by atoms with E-state index in [1.54, 1.807) is 0 Å². The van der Waals surface area contributed by atoms with Crippen molar-refractivity contribution in [3.8, 4) is 0 Å². The summed E-state index contributed by atoms with van der Waals surface area (Å²) in [5.74, 6) is 1.48. The second-order valence-corrected chi connectivity index (χ2v) is 5.51. The Labute approximate surface area is 98.6 Å². The number of hydrogen-bond acceptors (Lipinski definition) is 2. The van der Waals surface area contributed by atoms with Crippen LogP contribution in [0.15, 0.2) is 16.6 Å². The number of aryl methyl sites for hydroxylation is 1. The normalized spacial score (nSPS) is 28.1. The molecule has 2 N–H and O–H groups in total. The quantitative estimate of drug-likeness (QED) is 0.754. The van der Waals surface area contributed by atoms with Crippen LogP contribution in [0.4, 0.5) is 5.69 Å². The molecule has 3 heteroatoms. The lowest BCUT2D eigenvalue weighted by Gasteiger charge is -2.30. The first-order valence-electron chi connectivity index (χ1n) is 5.50. The van der Waals surface area contributed by atoms with E-state index in [-0.39, 0.29) is 0 Å². The van der Waals surface area contributed by atoms with Gasteiger partial charge in [0.25, 0.3) is 0 Å². The summed E-state index contributed by atoms with van der Waals surface area (Å²) >= 11 is 3.59. The third kappa shape index (κ3) is 1.49. The Bertz CT molecular complexity index is 403. The highest BCUT2D eigenvalue weighted by Crippen LogP contribution is 2.40. The van der Waals surface area contributed by atoms with Crippen LogP contribution >= 0.6 is 15.9 Å². The maximum Gasteiger partial charge on any atom is 0.0406 e. The molecule has 0 bridgehead atoms. The molecular weight excluding hydrogens is 252 g/mol. The van der Waals surface area contributed by atoms with Gasteiger partial charge in [0, 0.05) is 35.7 Å². The van der Waals surface area contributed by atoms with Gasteiger partial charge in [-0.05, 0) is 36.1 Å². The Balaban J connectivity index is 2.12. The highest BCUT2D eigenvalue weighted by molar-refractivity contribution is 9.10. The van der Waals surface area contributed by atoms with Gasteiger partial charge in [-0.3, -0.25) is 0 Å². The van der Waals surface area contributed by atoms with E-state index in [0.29, 0.717) is 5.92 Å². The largest absolute Gasteiger partial charge is 0.384 e. The zero-order valence-electron chi connectivity index (χ0n) is 8.81. The lowest BCUT2D eigenvalue weighted by Crippen LogP contribution is -2.27. The first kappa shape index (κ1) is 9.67. The Kier molecular flexibility index (Phi) is 2.25. The summed E-state index contributed by atoms with van der Waals surface area (Å²) in [4.78, 5) is 0. The topological polar surface area (TPSA) is 24.1 Å². The van der Waals surface area contributed by atoms with Crippen molar-refractivity contribution in [2.45, 2.75) is 12.8 Å². The van der Waals surface area contributed by atoms with Crippen LogP contribution in [0.1, 0.15) is 17.0 Å². The molecule has 0 spiro atoms. The van der Waals surface area contributed by atoms with Crippen LogP contribution in [0.3, 0.4) is 0 Å². The average Bonchev–Trinajstić information content (AvgIpc) is 2.65. The minimum Gasteiger partial charge on any atom is -0.384 e. The van der Waals surface area contributed by atoms with E-state index in [2.05, 4.69) is 45.6 Å². The Morgan fingerprint density at radius 1 is 1.27 bits per heavy atom. The SMILES string of the molecule is Cc1cc(Br)cc2c1NCC1CNCC21. The van der Waals surface area contributed by atoms with Gasteiger partial charge in [0.05, 0.1) is 0 Å². The van der Waals surface area contributed by atoms with Crippen LogP contribution < -0.4 is 10.6 Å². The Morgan fingerprint density at radius 3 is 3.00 bits per heavy atom. The highest BCUT2D eigenvalue weighted by atomic mass is 79.9. The fourth-order valence-electron chi connectivity index (χ4n) is 2.85. The molecule has 2 aliphatic heterocycles. The van der Waals surface area contributed by atoms with Crippen molar-refractivity contribution in [3.63, 3.8) is 0 Å². The second-order valence-electron chi connectivity index (χ2n) is 4.59. The summed E-state index contributed by atoms with van der Waals surface area (Å²) < 4.78 is 1.20. The van der Waals surface area contributed by atoms with Crippen LogP contribution in [0.2, 0.25) is 0 Å². The lowest BCUT2D eigenvalue weighted by atomic mass is 9.84. The summed E-state index contributed by atoms with van der Waals surface area (Å²) in [6, 6.07) is 4.47. The molecule has 1 aromatic carbocycles. The molecule has 2 nitrogen and oxygen atoms in total. The maximum atomic E-state index is 3.59. The molecule has 1 aromatic rings. The highest BCUT2D eigenvalue weighted by Gasteiger charge is 2.33. The van der Waals surface area contributed by atoms with Gasteiger partial charge in [0.15, 0.2) is 0 Å². The summed E-state index contributed by atoms with van der Waals surface area (Å²) in [6.45, 7) is 5.59. The molecule has 1 fully saturated rings. The number of fused-ring (bicyclic) bond motifs is 3. The van der Waals surface area contributed by atoms with Crippen LogP contribution in [0.25, 0.3) is 0 Å². The second kappa shape index (κ2) is 3.49. The molecule has 0 radical (unpaired) electrons. The van der Waals surface area contributed by atoms with Crippen molar-refractivity contribution in [1.82, 2.24) is 5.32 Å². The molecule has 80 valence electrons. The van der Waals surface area contributed by atoms with E-state index < -0.39 is 0 Å². The van der Waals surface area contributed by atoms with E-state index in [9.17, 15) is 0 Å². The summed E-state index contributed by atoms with van der Waals surface area (Å²) in [5, 5.41) is 7.06. The third-order valence-corrected chi connectivity index (χ3v) is 4.07. The number of nitrogens with one attached hydrogen (secondary N) is 2. The first-order chi connectivity index (χ1) is 7.25. The minimum atomic E-state index is 0.706. The third-order valence-electron chi connectivity index (χ3n) is 3.61. The minimum absolute atomic E-state index is 0.706. The molecule has 0 saturated carbocycles. The molecule has 3 rings (SSSR count). The molecule has 0 aliphatic carbocycles. The molecule has 0 aromatic heterocycles. The van der Waals surface area contributed by atoms with Crippen LogP contribution in [0, 0.1) is 12.8 Å². The average molecular weight is 267 g/mol. The summed E-state index contributed by atoms with van der Waals surface area (Å²) in [7, 11) is 0. The van der Waals surface area contributed by atoms with Gasteiger partial charge < -0.3 is 10.6 Å².